The Labute approximate surface area is 65.0 Å². The molecule has 0 unspecified atom stereocenters. The molecule has 4 N–H and O–H groups in total. The van der Waals surface area contributed by atoms with Crippen molar-refractivity contribution in [2.45, 2.75) is 0 Å². The van der Waals surface area contributed by atoms with Crippen LogP contribution in [-0.4, -0.2) is 26.5 Å². The highest BCUT2D eigenvalue weighted by atomic mass is 16.4. The average Bonchev–Trinajstić information content (AvgIpc) is 1.96. The highest BCUT2D eigenvalue weighted by Crippen LogP contribution is 1.99. The molecular formula is C5H5N3O4. The number of hydrogen-bond donors (Lipinski definition) is 4. The van der Waals surface area contributed by atoms with Crippen molar-refractivity contribution in [2.75, 3.05) is 0 Å². The van der Waals surface area contributed by atoms with E-state index in [2.05, 4.69) is 5.16 Å². The van der Waals surface area contributed by atoms with E-state index in [1.54, 1.807) is 0 Å². The first-order valence-corrected chi connectivity index (χ1v) is 2.88. The zero-order valence-electron chi connectivity index (χ0n) is 5.74. The number of rotatable bonds is 1. The van der Waals surface area contributed by atoms with Gasteiger partial charge in [0.1, 0.15) is 5.56 Å². The van der Waals surface area contributed by atoms with E-state index >= 15 is 0 Å². The van der Waals surface area contributed by atoms with Crippen LogP contribution >= 0.6 is 0 Å². The SMILES string of the molecule is O=c1[nH]c(O)c(/C=N/O)c(=O)[nH]1. The van der Waals surface area contributed by atoms with Crippen LogP contribution in [0.5, 0.6) is 5.88 Å². The number of H-pyrrole nitrogens is 2. The topological polar surface area (TPSA) is 119 Å². The highest BCUT2D eigenvalue weighted by molar-refractivity contribution is 5.81. The molecule has 0 aliphatic heterocycles. The first kappa shape index (κ1) is 8.05. The Hall–Kier alpha value is -2.05. The number of aromatic hydroxyl groups is 1. The molecule has 0 saturated carbocycles. The standard InChI is InChI=1S/C5H5N3O4/c9-3-2(1-6-12)4(10)8-5(11)7-3/h1,12H,(H3,7,8,9,10,11)/b6-1+. The van der Waals surface area contributed by atoms with Gasteiger partial charge in [0.05, 0.1) is 6.21 Å². The van der Waals surface area contributed by atoms with Crippen molar-refractivity contribution in [3.8, 4) is 5.88 Å². The van der Waals surface area contributed by atoms with Crippen LogP contribution in [0.4, 0.5) is 0 Å². The third-order valence-corrected chi connectivity index (χ3v) is 1.15. The Balaban J connectivity index is 3.49. The van der Waals surface area contributed by atoms with Crippen LogP contribution in [0.1, 0.15) is 5.56 Å². The summed E-state index contributed by atoms with van der Waals surface area (Å²) in [6, 6.07) is 0. The molecule has 0 aliphatic rings. The fourth-order valence-electron chi connectivity index (χ4n) is 0.662. The summed E-state index contributed by atoms with van der Waals surface area (Å²) < 4.78 is 0. The molecule has 7 heteroatoms. The van der Waals surface area contributed by atoms with Gasteiger partial charge in [-0.05, 0) is 0 Å². The van der Waals surface area contributed by atoms with Gasteiger partial charge in [-0.25, -0.2) is 4.79 Å². The van der Waals surface area contributed by atoms with Crippen molar-refractivity contribution < 1.29 is 10.3 Å². The van der Waals surface area contributed by atoms with Gasteiger partial charge in [-0.2, -0.15) is 0 Å². The van der Waals surface area contributed by atoms with Gasteiger partial charge in [-0.15, -0.1) is 0 Å². The van der Waals surface area contributed by atoms with Crippen LogP contribution in [0.15, 0.2) is 14.7 Å². The monoisotopic (exact) mass is 171 g/mol. The number of oxime groups is 1. The van der Waals surface area contributed by atoms with Gasteiger partial charge >= 0.3 is 5.69 Å². The lowest BCUT2D eigenvalue weighted by Gasteiger charge is -1.93. The molecule has 1 aromatic rings. The van der Waals surface area contributed by atoms with E-state index in [1.165, 1.54) is 0 Å². The third kappa shape index (κ3) is 1.34. The van der Waals surface area contributed by atoms with Crippen LogP contribution in [0.2, 0.25) is 0 Å². The summed E-state index contributed by atoms with van der Waals surface area (Å²) in [5, 5.41) is 19.5. The fourth-order valence-corrected chi connectivity index (χ4v) is 0.662. The number of aromatic amines is 2. The van der Waals surface area contributed by atoms with Crippen LogP contribution < -0.4 is 11.2 Å². The maximum atomic E-state index is 10.8. The summed E-state index contributed by atoms with van der Waals surface area (Å²) in [5.41, 5.74) is -1.96. The molecule has 0 aliphatic carbocycles. The maximum absolute atomic E-state index is 10.8. The summed E-state index contributed by atoms with van der Waals surface area (Å²) in [6.45, 7) is 0. The predicted molar refractivity (Wildman–Crippen MR) is 38.7 cm³/mol. The van der Waals surface area contributed by atoms with Crippen molar-refractivity contribution in [3.63, 3.8) is 0 Å². The van der Waals surface area contributed by atoms with Crippen LogP contribution in [-0.2, 0) is 0 Å². The molecule has 7 nitrogen and oxygen atoms in total. The summed E-state index contributed by atoms with van der Waals surface area (Å²) >= 11 is 0. The molecule has 0 aromatic carbocycles. The Morgan fingerprint density at radius 3 is 2.50 bits per heavy atom. The minimum Gasteiger partial charge on any atom is -0.494 e. The smallest absolute Gasteiger partial charge is 0.328 e. The zero-order chi connectivity index (χ0) is 9.14. The molecule has 64 valence electrons. The van der Waals surface area contributed by atoms with Gasteiger partial charge in [-0.1, -0.05) is 5.16 Å². The summed E-state index contributed by atoms with van der Waals surface area (Å²) in [5.74, 6) is -0.637. The molecule has 0 atom stereocenters. The van der Waals surface area contributed by atoms with Gasteiger partial charge < -0.3 is 10.3 Å². The fraction of sp³-hybridized carbons (Fsp3) is 0. The molecular weight excluding hydrogens is 166 g/mol. The molecule has 0 bridgehead atoms. The molecule has 0 radical (unpaired) electrons. The van der Waals surface area contributed by atoms with Crippen molar-refractivity contribution in [3.05, 3.63) is 26.4 Å². The second kappa shape index (κ2) is 2.91. The Kier molecular flexibility index (Phi) is 1.95. The normalized spacial score (nSPS) is 10.7. The third-order valence-electron chi connectivity index (χ3n) is 1.15. The number of nitrogens with one attached hydrogen (secondary N) is 2. The van der Waals surface area contributed by atoms with E-state index in [4.69, 9.17) is 10.3 Å². The van der Waals surface area contributed by atoms with E-state index in [-0.39, 0.29) is 5.56 Å². The number of nitrogens with zero attached hydrogens (tertiary/aromatic N) is 1. The van der Waals surface area contributed by atoms with E-state index in [9.17, 15) is 9.59 Å². The molecule has 0 amide bonds. The molecule has 0 fully saturated rings. The lowest BCUT2D eigenvalue weighted by molar-refractivity contribution is 0.321. The quantitative estimate of drug-likeness (QED) is 0.235. The number of aromatic nitrogens is 2. The lowest BCUT2D eigenvalue weighted by Crippen LogP contribution is -2.24. The predicted octanol–water partition coefficient (Wildman–Crippen LogP) is -1.42. The second-order valence-electron chi connectivity index (χ2n) is 1.92. The molecule has 12 heavy (non-hydrogen) atoms. The summed E-state index contributed by atoms with van der Waals surface area (Å²) in [4.78, 5) is 25.0. The van der Waals surface area contributed by atoms with Gasteiger partial charge in [0, 0.05) is 0 Å². The summed E-state index contributed by atoms with van der Waals surface area (Å²) in [7, 11) is 0. The summed E-state index contributed by atoms with van der Waals surface area (Å²) in [6.07, 6.45) is 0.712. The Bertz CT molecular complexity index is 415. The van der Waals surface area contributed by atoms with E-state index in [0.29, 0.717) is 6.21 Å². The molecule has 0 saturated heterocycles. The lowest BCUT2D eigenvalue weighted by atomic mass is 10.3. The van der Waals surface area contributed by atoms with Gasteiger partial charge in [-0.3, -0.25) is 14.8 Å². The van der Waals surface area contributed by atoms with Crippen LogP contribution in [0, 0.1) is 0 Å². The van der Waals surface area contributed by atoms with Gasteiger partial charge in [0.2, 0.25) is 5.88 Å². The van der Waals surface area contributed by atoms with E-state index in [1.807, 2.05) is 9.97 Å². The minimum atomic E-state index is -0.826. The maximum Gasteiger partial charge on any atom is 0.328 e. The average molecular weight is 171 g/mol. The number of hydrogen-bond acceptors (Lipinski definition) is 5. The Morgan fingerprint density at radius 2 is 2.00 bits per heavy atom. The first-order valence-electron chi connectivity index (χ1n) is 2.88. The van der Waals surface area contributed by atoms with Gasteiger partial charge in [0.25, 0.3) is 5.56 Å². The van der Waals surface area contributed by atoms with Crippen molar-refractivity contribution >= 4 is 6.21 Å². The Morgan fingerprint density at radius 1 is 1.33 bits per heavy atom. The van der Waals surface area contributed by atoms with Crippen molar-refractivity contribution in [1.29, 1.82) is 0 Å². The van der Waals surface area contributed by atoms with E-state index in [0.717, 1.165) is 0 Å². The van der Waals surface area contributed by atoms with Crippen LogP contribution in [0.25, 0.3) is 0 Å². The molecule has 1 heterocycles. The molecule has 0 spiro atoms. The van der Waals surface area contributed by atoms with Crippen molar-refractivity contribution in [2.24, 2.45) is 5.16 Å². The van der Waals surface area contributed by atoms with Gasteiger partial charge in [0.15, 0.2) is 0 Å². The molecule has 1 rings (SSSR count). The van der Waals surface area contributed by atoms with Crippen molar-refractivity contribution in [1.82, 2.24) is 9.97 Å². The highest BCUT2D eigenvalue weighted by Gasteiger charge is 2.04. The van der Waals surface area contributed by atoms with E-state index < -0.39 is 17.1 Å². The minimum absolute atomic E-state index is 0.308. The second-order valence-corrected chi connectivity index (χ2v) is 1.92. The zero-order valence-corrected chi connectivity index (χ0v) is 5.74. The van der Waals surface area contributed by atoms with Crippen LogP contribution in [0.3, 0.4) is 0 Å². The molecule has 1 aromatic heterocycles. The first-order chi connectivity index (χ1) is 5.65. The largest absolute Gasteiger partial charge is 0.494 e.